The third kappa shape index (κ3) is 3.05. The number of carboxylic acid groups (broad SMARTS) is 1. The molecule has 0 unspecified atom stereocenters. The average Bonchev–Trinajstić information content (AvgIpc) is 2.75. The third-order valence-corrected chi connectivity index (χ3v) is 3.88. The smallest absolute Gasteiger partial charge is 0.356 e. The molecular formula is C11H10BrN3O2S. The predicted molar refractivity (Wildman–Crippen MR) is 73.1 cm³/mol. The van der Waals surface area contributed by atoms with Gasteiger partial charge in [0.05, 0.1) is 22.7 Å². The second kappa shape index (κ2) is 5.45. The van der Waals surface area contributed by atoms with Crippen molar-refractivity contribution < 1.29 is 9.90 Å². The number of rotatable bonds is 4. The molecule has 0 fully saturated rings. The quantitative estimate of drug-likeness (QED) is 0.935. The molecular weight excluding hydrogens is 318 g/mol. The number of aromatic carboxylic acids is 1. The molecule has 0 aliphatic rings. The lowest BCUT2D eigenvalue weighted by atomic mass is 10.4. The van der Waals surface area contributed by atoms with E-state index in [2.05, 4.69) is 25.9 Å². The van der Waals surface area contributed by atoms with E-state index in [1.165, 1.54) is 17.3 Å². The molecule has 0 aliphatic heterocycles. The summed E-state index contributed by atoms with van der Waals surface area (Å²) in [6.45, 7) is 0.706. The first kappa shape index (κ1) is 13.0. The Morgan fingerprint density at radius 1 is 1.44 bits per heavy atom. The van der Waals surface area contributed by atoms with Crippen LogP contribution in [0.25, 0.3) is 0 Å². The summed E-state index contributed by atoms with van der Waals surface area (Å²) in [5.74, 6) is -0.427. The first-order valence-corrected chi connectivity index (χ1v) is 6.68. The Hall–Kier alpha value is -1.47. The van der Waals surface area contributed by atoms with Crippen molar-refractivity contribution in [2.24, 2.45) is 0 Å². The van der Waals surface area contributed by atoms with Crippen LogP contribution in [0.1, 0.15) is 15.4 Å². The highest BCUT2D eigenvalue weighted by Gasteiger charge is 2.09. The second-order valence-electron chi connectivity index (χ2n) is 3.63. The summed E-state index contributed by atoms with van der Waals surface area (Å²) in [5.41, 5.74) is -0.0500. The Kier molecular flexibility index (Phi) is 3.93. The molecule has 0 atom stereocenters. The number of hydrogen-bond donors (Lipinski definition) is 1. The predicted octanol–water partition coefficient (Wildman–Crippen LogP) is 2.64. The van der Waals surface area contributed by atoms with Gasteiger partial charge in [0.2, 0.25) is 0 Å². The molecule has 1 N–H and O–H groups in total. The Labute approximate surface area is 116 Å². The van der Waals surface area contributed by atoms with E-state index in [-0.39, 0.29) is 5.69 Å². The van der Waals surface area contributed by atoms with E-state index in [0.29, 0.717) is 12.4 Å². The van der Waals surface area contributed by atoms with E-state index in [1.54, 1.807) is 11.3 Å². The number of halogens is 1. The first-order chi connectivity index (χ1) is 8.56. The number of hydrogen-bond acceptors (Lipinski definition) is 5. The lowest BCUT2D eigenvalue weighted by Crippen LogP contribution is -2.17. The van der Waals surface area contributed by atoms with Gasteiger partial charge in [0, 0.05) is 11.9 Å². The van der Waals surface area contributed by atoms with Gasteiger partial charge in [-0.25, -0.2) is 14.8 Å². The third-order valence-electron chi connectivity index (χ3n) is 2.27. The normalized spacial score (nSPS) is 10.3. The summed E-state index contributed by atoms with van der Waals surface area (Å²) in [5, 5.41) is 8.73. The van der Waals surface area contributed by atoms with Crippen molar-refractivity contribution in [1.29, 1.82) is 0 Å². The van der Waals surface area contributed by atoms with Gasteiger partial charge in [-0.3, -0.25) is 0 Å². The number of aromatic nitrogens is 2. The van der Waals surface area contributed by atoms with Crippen LogP contribution in [0, 0.1) is 0 Å². The van der Waals surface area contributed by atoms with E-state index in [4.69, 9.17) is 5.11 Å². The first-order valence-electron chi connectivity index (χ1n) is 5.07. The molecule has 0 saturated carbocycles. The number of anilines is 1. The maximum atomic E-state index is 10.7. The zero-order chi connectivity index (χ0) is 13.1. The molecule has 2 aromatic heterocycles. The molecule has 2 rings (SSSR count). The molecule has 0 saturated heterocycles. The largest absolute Gasteiger partial charge is 0.476 e. The van der Waals surface area contributed by atoms with E-state index >= 15 is 0 Å². The van der Waals surface area contributed by atoms with Crippen molar-refractivity contribution in [3.05, 3.63) is 38.9 Å². The van der Waals surface area contributed by atoms with Gasteiger partial charge in [-0.05, 0) is 28.1 Å². The zero-order valence-electron chi connectivity index (χ0n) is 9.50. The minimum absolute atomic E-state index is 0.0500. The van der Waals surface area contributed by atoms with Crippen molar-refractivity contribution in [3.8, 4) is 0 Å². The molecule has 18 heavy (non-hydrogen) atoms. The fourth-order valence-electron chi connectivity index (χ4n) is 1.38. The van der Waals surface area contributed by atoms with Crippen molar-refractivity contribution in [2.45, 2.75) is 6.54 Å². The van der Waals surface area contributed by atoms with Crippen molar-refractivity contribution in [2.75, 3.05) is 11.9 Å². The van der Waals surface area contributed by atoms with Gasteiger partial charge in [0.25, 0.3) is 0 Å². The molecule has 0 aliphatic carbocycles. The van der Waals surface area contributed by atoms with Crippen LogP contribution in [-0.4, -0.2) is 28.1 Å². The van der Waals surface area contributed by atoms with Crippen LogP contribution in [0.5, 0.6) is 0 Å². The number of carboxylic acids is 1. The Morgan fingerprint density at radius 3 is 2.72 bits per heavy atom. The topological polar surface area (TPSA) is 66.3 Å². The fourth-order valence-corrected chi connectivity index (χ4v) is 2.92. The molecule has 0 aromatic carbocycles. The van der Waals surface area contributed by atoms with E-state index in [1.807, 2.05) is 24.1 Å². The van der Waals surface area contributed by atoms with Gasteiger partial charge < -0.3 is 10.0 Å². The molecule has 94 valence electrons. The number of thiophene rings is 1. The average molecular weight is 328 g/mol. The summed E-state index contributed by atoms with van der Waals surface area (Å²) in [4.78, 5) is 21.7. The molecule has 0 amide bonds. The summed E-state index contributed by atoms with van der Waals surface area (Å²) in [6.07, 6.45) is 2.73. The van der Waals surface area contributed by atoms with Crippen LogP contribution in [0.15, 0.2) is 28.3 Å². The highest BCUT2D eigenvalue weighted by Crippen LogP contribution is 2.24. The Balaban J connectivity index is 2.09. The van der Waals surface area contributed by atoms with Crippen LogP contribution in [0.2, 0.25) is 0 Å². The summed E-state index contributed by atoms with van der Waals surface area (Å²) < 4.78 is 1.08. The van der Waals surface area contributed by atoms with E-state index < -0.39 is 5.97 Å². The molecule has 2 aromatic rings. The second-order valence-corrected chi connectivity index (χ2v) is 6.17. The van der Waals surface area contributed by atoms with Gasteiger partial charge >= 0.3 is 5.97 Å². The lowest BCUT2D eigenvalue weighted by Gasteiger charge is -2.16. The van der Waals surface area contributed by atoms with Gasteiger partial charge in [0.15, 0.2) is 5.69 Å². The highest BCUT2D eigenvalue weighted by molar-refractivity contribution is 9.11. The summed E-state index contributed by atoms with van der Waals surface area (Å²) in [7, 11) is 1.89. The SMILES string of the molecule is CN(Cc1ccc(Br)s1)c1cnc(C(=O)O)cn1. The molecule has 0 spiro atoms. The summed E-state index contributed by atoms with van der Waals surface area (Å²) >= 11 is 5.06. The van der Waals surface area contributed by atoms with Gasteiger partial charge in [-0.1, -0.05) is 0 Å². The zero-order valence-corrected chi connectivity index (χ0v) is 11.9. The maximum Gasteiger partial charge on any atom is 0.356 e. The van der Waals surface area contributed by atoms with E-state index in [9.17, 15) is 4.79 Å². The van der Waals surface area contributed by atoms with Gasteiger partial charge in [0.1, 0.15) is 5.82 Å². The molecule has 2 heterocycles. The van der Waals surface area contributed by atoms with Crippen molar-refractivity contribution in [3.63, 3.8) is 0 Å². The van der Waals surface area contributed by atoms with Crippen LogP contribution < -0.4 is 4.90 Å². The van der Waals surface area contributed by atoms with Crippen LogP contribution in [0.3, 0.4) is 0 Å². The lowest BCUT2D eigenvalue weighted by molar-refractivity contribution is 0.0690. The number of carbonyl (C=O) groups is 1. The van der Waals surface area contributed by atoms with Gasteiger partial charge in [-0.2, -0.15) is 0 Å². The van der Waals surface area contributed by atoms with Crippen LogP contribution in [-0.2, 0) is 6.54 Å². The van der Waals surface area contributed by atoms with Gasteiger partial charge in [-0.15, -0.1) is 11.3 Å². The maximum absolute atomic E-state index is 10.7. The van der Waals surface area contributed by atoms with E-state index in [0.717, 1.165) is 3.79 Å². The van der Waals surface area contributed by atoms with Crippen molar-refractivity contribution in [1.82, 2.24) is 9.97 Å². The molecule has 0 radical (unpaired) electrons. The fraction of sp³-hybridized carbons (Fsp3) is 0.182. The standard InChI is InChI=1S/C11H10BrN3O2S/c1-15(6-7-2-3-9(12)18-7)10-5-13-8(4-14-10)11(16)17/h2-5H,6H2,1H3,(H,16,17). The van der Waals surface area contributed by atoms with Crippen LogP contribution >= 0.6 is 27.3 Å². The van der Waals surface area contributed by atoms with Crippen LogP contribution in [0.4, 0.5) is 5.82 Å². The molecule has 0 bridgehead atoms. The molecule has 5 nitrogen and oxygen atoms in total. The Morgan fingerprint density at radius 2 is 2.22 bits per heavy atom. The highest BCUT2D eigenvalue weighted by atomic mass is 79.9. The minimum atomic E-state index is -1.07. The Bertz CT molecular complexity index is 556. The summed E-state index contributed by atoms with van der Waals surface area (Å²) in [6, 6.07) is 4.03. The van der Waals surface area contributed by atoms with Crippen molar-refractivity contribution >= 4 is 39.1 Å². The number of nitrogens with zero attached hydrogens (tertiary/aromatic N) is 3. The monoisotopic (exact) mass is 327 g/mol. The molecule has 7 heteroatoms. The minimum Gasteiger partial charge on any atom is -0.476 e.